The molecule has 162 valence electrons. The number of nitrogens with zero attached hydrogens (tertiary/aromatic N) is 1. The molecule has 1 aliphatic heterocycles. The number of amides is 1. The van der Waals surface area contributed by atoms with Crippen molar-refractivity contribution in [1.82, 2.24) is 10.2 Å². The summed E-state index contributed by atoms with van der Waals surface area (Å²) in [4.78, 5) is 14.6. The lowest BCUT2D eigenvalue weighted by molar-refractivity contribution is -0.122. The summed E-state index contributed by atoms with van der Waals surface area (Å²) in [5.41, 5.74) is 8.31. The number of nitrogens with one attached hydrogen (secondary N) is 1. The molecule has 1 aliphatic carbocycles. The van der Waals surface area contributed by atoms with Gasteiger partial charge in [0, 0.05) is 32.6 Å². The Labute approximate surface area is 186 Å². The van der Waals surface area contributed by atoms with Crippen molar-refractivity contribution < 1.29 is 4.79 Å². The number of fused-ring (bicyclic) bond motifs is 2. The second kappa shape index (κ2) is 9.23. The van der Waals surface area contributed by atoms with Crippen LogP contribution in [0.1, 0.15) is 62.3 Å². The molecule has 0 radical (unpaired) electrons. The Hall–Kier alpha value is -2.65. The second-order valence-corrected chi connectivity index (χ2v) is 9.92. The van der Waals surface area contributed by atoms with Crippen molar-refractivity contribution in [2.45, 2.75) is 40.0 Å². The van der Waals surface area contributed by atoms with Crippen molar-refractivity contribution >= 4 is 23.6 Å². The fraction of sp³-hybridized carbons (Fsp3) is 0.393. The fourth-order valence-corrected chi connectivity index (χ4v) is 4.64. The van der Waals surface area contributed by atoms with E-state index < -0.39 is 0 Å². The van der Waals surface area contributed by atoms with Gasteiger partial charge in [0.05, 0.1) is 0 Å². The Morgan fingerprint density at radius 3 is 2.00 bits per heavy atom. The van der Waals surface area contributed by atoms with E-state index >= 15 is 0 Å². The molecule has 1 heterocycles. The van der Waals surface area contributed by atoms with Gasteiger partial charge in [0.1, 0.15) is 0 Å². The van der Waals surface area contributed by atoms with Crippen molar-refractivity contribution in [3.63, 3.8) is 0 Å². The summed E-state index contributed by atoms with van der Waals surface area (Å²) in [6, 6.07) is 17.5. The summed E-state index contributed by atoms with van der Waals surface area (Å²) >= 11 is 0. The maximum absolute atomic E-state index is 12.1. The molecule has 1 fully saturated rings. The number of benzene rings is 2. The van der Waals surface area contributed by atoms with E-state index in [4.69, 9.17) is 0 Å². The van der Waals surface area contributed by atoms with Crippen molar-refractivity contribution in [1.29, 1.82) is 0 Å². The maximum atomic E-state index is 12.1. The largest absolute Gasteiger partial charge is 0.355 e. The average molecular weight is 415 g/mol. The monoisotopic (exact) mass is 414 g/mol. The number of carbonyl (C=O) groups excluding carboxylic acids is 1. The molecule has 4 rings (SSSR count). The molecule has 0 aromatic heterocycles. The highest BCUT2D eigenvalue weighted by atomic mass is 16.1. The predicted molar refractivity (Wildman–Crippen MR) is 131 cm³/mol. The first kappa shape index (κ1) is 21.6. The first-order valence-electron chi connectivity index (χ1n) is 11.5. The van der Waals surface area contributed by atoms with Gasteiger partial charge in [-0.1, -0.05) is 87.0 Å². The molecular weight excluding hydrogens is 380 g/mol. The highest BCUT2D eigenvalue weighted by Crippen LogP contribution is 2.38. The molecule has 2 aliphatic rings. The van der Waals surface area contributed by atoms with Gasteiger partial charge in [-0.25, -0.2) is 0 Å². The van der Waals surface area contributed by atoms with E-state index in [9.17, 15) is 4.79 Å². The lowest BCUT2D eigenvalue weighted by Crippen LogP contribution is -2.39. The summed E-state index contributed by atoms with van der Waals surface area (Å²) in [6.07, 6.45) is 7.23. The van der Waals surface area contributed by atoms with E-state index in [1.54, 1.807) is 5.57 Å². The molecular formula is C28H34N2O. The minimum atomic E-state index is 0.0381. The average Bonchev–Trinajstić information content (AvgIpc) is 2.90. The Kier molecular flexibility index (Phi) is 6.43. The van der Waals surface area contributed by atoms with Crippen LogP contribution in [0.4, 0.5) is 0 Å². The molecule has 2 aromatic rings. The third-order valence-corrected chi connectivity index (χ3v) is 6.16. The summed E-state index contributed by atoms with van der Waals surface area (Å²) in [7, 11) is 0. The van der Waals surface area contributed by atoms with Gasteiger partial charge in [-0.15, -0.1) is 0 Å². The first-order chi connectivity index (χ1) is 14.9. The molecule has 0 bridgehead atoms. The van der Waals surface area contributed by atoms with Crippen LogP contribution < -0.4 is 5.32 Å². The lowest BCUT2D eigenvalue weighted by Gasteiger charge is -2.30. The fourth-order valence-electron chi connectivity index (χ4n) is 4.64. The molecule has 1 amide bonds. The highest BCUT2D eigenvalue weighted by Gasteiger charge is 2.22. The highest BCUT2D eigenvalue weighted by molar-refractivity contribution is 5.94. The lowest BCUT2D eigenvalue weighted by atomic mass is 9.86. The Balaban J connectivity index is 1.46. The molecule has 2 aromatic carbocycles. The normalized spacial score (nSPS) is 16.5. The topological polar surface area (TPSA) is 32.3 Å². The summed E-state index contributed by atoms with van der Waals surface area (Å²) in [5.74, 6) is 0.159. The van der Waals surface area contributed by atoms with Gasteiger partial charge < -0.3 is 10.2 Å². The summed E-state index contributed by atoms with van der Waals surface area (Å²) in [5, 5.41) is 3.09. The van der Waals surface area contributed by atoms with E-state index in [1.165, 1.54) is 27.8 Å². The third-order valence-electron chi connectivity index (χ3n) is 6.16. The van der Waals surface area contributed by atoms with Crippen molar-refractivity contribution in [3.05, 3.63) is 76.4 Å². The number of carbonyl (C=O) groups is 1. The zero-order valence-corrected chi connectivity index (χ0v) is 19.1. The SMILES string of the molecule is CC(C)(C)CC(=O)NCCN1CCC(=C2c3ccccc3C=Cc3ccccc32)CC1. The van der Waals surface area contributed by atoms with E-state index in [0.29, 0.717) is 6.42 Å². The van der Waals surface area contributed by atoms with Crippen LogP contribution in [0.3, 0.4) is 0 Å². The number of hydrogen-bond acceptors (Lipinski definition) is 2. The number of piperidine rings is 1. The van der Waals surface area contributed by atoms with Gasteiger partial charge in [0.25, 0.3) is 0 Å². The van der Waals surface area contributed by atoms with Gasteiger partial charge in [-0.3, -0.25) is 4.79 Å². The van der Waals surface area contributed by atoms with E-state index in [0.717, 1.165) is 39.0 Å². The van der Waals surface area contributed by atoms with Crippen LogP contribution in [0.5, 0.6) is 0 Å². The molecule has 1 N–H and O–H groups in total. The standard InChI is InChI=1S/C28H34N2O/c1-28(2,3)20-26(31)29-16-19-30-17-14-23(15-18-30)27-24-10-6-4-8-21(24)12-13-22-9-5-7-11-25(22)27/h4-13H,14-20H2,1-3H3,(H,29,31). The van der Waals surface area contributed by atoms with Gasteiger partial charge in [0.15, 0.2) is 0 Å². The van der Waals surface area contributed by atoms with Crippen molar-refractivity contribution in [2.75, 3.05) is 26.2 Å². The Morgan fingerprint density at radius 1 is 0.903 bits per heavy atom. The smallest absolute Gasteiger partial charge is 0.220 e. The quantitative estimate of drug-likeness (QED) is 0.601. The van der Waals surface area contributed by atoms with Gasteiger partial charge >= 0.3 is 0 Å². The number of hydrogen-bond donors (Lipinski definition) is 1. The number of rotatable bonds is 4. The molecule has 31 heavy (non-hydrogen) atoms. The van der Waals surface area contributed by atoms with Crippen LogP contribution in [0.25, 0.3) is 17.7 Å². The number of likely N-dealkylation sites (tertiary alicyclic amines) is 1. The zero-order chi connectivity index (χ0) is 21.8. The molecule has 3 nitrogen and oxygen atoms in total. The van der Waals surface area contributed by atoms with E-state index in [2.05, 4.69) is 91.7 Å². The summed E-state index contributed by atoms with van der Waals surface area (Å²) < 4.78 is 0. The molecule has 0 unspecified atom stereocenters. The first-order valence-corrected chi connectivity index (χ1v) is 11.5. The summed E-state index contributed by atoms with van der Waals surface area (Å²) in [6.45, 7) is 10.1. The van der Waals surface area contributed by atoms with Crippen LogP contribution >= 0.6 is 0 Å². The minimum absolute atomic E-state index is 0.0381. The van der Waals surface area contributed by atoms with Gasteiger partial charge in [-0.2, -0.15) is 0 Å². The molecule has 0 saturated carbocycles. The van der Waals surface area contributed by atoms with E-state index in [1.807, 2.05) is 0 Å². The van der Waals surface area contributed by atoms with E-state index in [-0.39, 0.29) is 11.3 Å². The Morgan fingerprint density at radius 2 is 1.45 bits per heavy atom. The van der Waals surface area contributed by atoms with Crippen LogP contribution in [-0.2, 0) is 4.79 Å². The van der Waals surface area contributed by atoms with Gasteiger partial charge in [-0.05, 0) is 46.1 Å². The van der Waals surface area contributed by atoms with Gasteiger partial charge in [0.2, 0.25) is 5.91 Å². The molecule has 0 spiro atoms. The van der Waals surface area contributed by atoms with Crippen molar-refractivity contribution in [2.24, 2.45) is 5.41 Å². The minimum Gasteiger partial charge on any atom is -0.355 e. The van der Waals surface area contributed by atoms with Crippen LogP contribution in [0, 0.1) is 5.41 Å². The second-order valence-electron chi connectivity index (χ2n) is 9.92. The van der Waals surface area contributed by atoms with Crippen LogP contribution in [0.2, 0.25) is 0 Å². The molecule has 0 atom stereocenters. The molecule has 1 saturated heterocycles. The predicted octanol–water partition coefficient (Wildman–Crippen LogP) is 5.62. The maximum Gasteiger partial charge on any atom is 0.220 e. The molecule has 3 heteroatoms. The zero-order valence-electron chi connectivity index (χ0n) is 19.1. The Bertz CT molecular complexity index is 948. The third kappa shape index (κ3) is 5.34. The van der Waals surface area contributed by atoms with Crippen molar-refractivity contribution in [3.8, 4) is 0 Å². The van der Waals surface area contributed by atoms with Crippen LogP contribution in [-0.4, -0.2) is 37.0 Å². The van der Waals surface area contributed by atoms with Crippen LogP contribution in [0.15, 0.2) is 54.1 Å².